The number of hydrogen-bond acceptors (Lipinski definition) is 5. The van der Waals surface area contributed by atoms with E-state index in [0.717, 1.165) is 0 Å². The lowest BCUT2D eigenvalue weighted by Gasteiger charge is -2.22. The lowest BCUT2D eigenvalue weighted by molar-refractivity contribution is -0.147. The van der Waals surface area contributed by atoms with E-state index in [1.807, 2.05) is 0 Å². The number of halogens is 3. The molecule has 7 nitrogen and oxygen atoms in total. The van der Waals surface area contributed by atoms with Gasteiger partial charge >= 0.3 is 6.18 Å². The number of nitrogens with zero attached hydrogens (tertiary/aromatic N) is 7. The van der Waals surface area contributed by atoms with Crippen molar-refractivity contribution in [1.82, 2.24) is 34.5 Å². The molecule has 0 amide bonds. The first kappa shape index (κ1) is 20.8. The number of pyridine rings is 2. The number of imidazole rings is 1. The highest BCUT2D eigenvalue weighted by molar-refractivity contribution is 5.83. The van der Waals surface area contributed by atoms with Crippen LogP contribution >= 0.6 is 0 Å². The predicted molar refractivity (Wildman–Crippen MR) is 115 cm³/mol. The molecule has 0 atom stereocenters. The van der Waals surface area contributed by atoms with Crippen LogP contribution < -0.4 is 0 Å². The third-order valence-electron chi connectivity index (χ3n) is 5.41. The fourth-order valence-corrected chi connectivity index (χ4v) is 4.05. The van der Waals surface area contributed by atoms with E-state index >= 15 is 0 Å². The standard InChI is InChI=1S/C23H18F3N7/c1-14-20(32(2)31-30-14)15-9-10-16-19(13-15)33(22(29-16)23(24,25)26)21(17-7-3-5-11-27-17)18-8-4-6-12-28-18/h3-13,21H,1-2H3. The summed E-state index contributed by atoms with van der Waals surface area (Å²) in [7, 11) is 1.74. The van der Waals surface area contributed by atoms with Gasteiger partial charge in [-0.05, 0) is 43.3 Å². The largest absolute Gasteiger partial charge is 0.449 e. The molecule has 0 spiro atoms. The minimum atomic E-state index is -4.69. The Labute approximate surface area is 186 Å². The molecular weight excluding hydrogens is 431 g/mol. The maximum absolute atomic E-state index is 14.2. The second kappa shape index (κ2) is 7.80. The van der Waals surface area contributed by atoms with Crippen molar-refractivity contribution in [2.45, 2.75) is 19.1 Å². The van der Waals surface area contributed by atoms with E-state index in [2.05, 4.69) is 25.3 Å². The average Bonchev–Trinajstić information content (AvgIpc) is 3.35. The minimum Gasteiger partial charge on any atom is -0.305 e. The zero-order valence-electron chi connectivity index (χ0n) is 17.7. The summed E-state index contributed by atoms with van der Waals surface area (Å²) in [6.07, 6.45) is -1.59. The summed E-state index contributed by atoms with van der Waals surface area (Å²) in [5, 5.41) is 8.07. The first-order chi connectivity index (χ1) is 15.8. The molecule has 0 saturated carbocycles. The third-order valence-corrected chi connectivity index (χ3v) is 5.41. The molecule has 0 aliphatic rings. The Morgan fingerprint density at radius 3 is 2.09 bits per heavy atom. The van der Waals surface area contributed by atoms with Crippen LogP contribution in [0, 0.1) is 6.92 Å². The van der Waals surface area contributed by atoms with Gasteiger partial charge in [0.1, 0.15) is 6.04 Å². The molecule has 5 rings (SSSR count). The highest BCUT2D eigenvalue weighted by atomic mass is 19.4. The highest BCUT2D eigenvalue weighted by Crippen LogP contribution is 2.38. The molecule has 5 aromatic rings. The Hall–Kier alpha value is -4.08. The molecule has 10 heteroatoms. The van der Waals surface area contributed by atoms with Crippen molar-refractivity contribution in [3.8, 4) is 11.3 Å². The Balaban J connectivity index is 1.85. The predicted octanol–water partition coefficient (Wildman–Crippen LogP) is 4.59. The zero-order valence-corrected chi connectivity index (χ0v) is 17.7. The van der Waals surface area contributed by atoms with E-state index in [-0.39, 0.29) is 5.52 Å². The van der Waals surface area contributed by atoms with Gasteiger partial charge in [-0.1, -0.05) is 23.4 Å². The van der Waals surface area contributed by atoms with Crippen molar-refractivity contribution in [2.75, 3.05) is 0 Å². The van der Waals surface area contributed by atoms with Crippen LogP contribution in [0.4, 0.5) is 13.2 Å². The van der Waals surface area contributed by atoms with Crippen molar-refractivity contribution in [2.24, 2.45) is 7.05 Å². The quantitative estimate of drug-likeness (QED) is 0.401. The molecule has 4 aromatic heterocycles. The summed E-state index contributed by atoms with van der Waals surface area (Å²) in [6, 6.07) is 14.3. The molecule has 166 valence electrons. The second-order valence-electron chi connectivity index (χ2n) is 7.57. The number of alkyl halides is 3. The summed E-state index contributed by atoms with van der Waals surface area (Å²) in [5.74, 6) is -1.02. The number of hydrogen-bond donors (Lipinski definition) is 0. The van der Waals surface area contributed by atoms with E-state index in [4.69, 9.17) is 0 Å². The van der Waals surface area contributed by atoms with E-state index in [1.54, 1.807) is 85.6 Å². The fourth-order valence-electron chi connectivity index (χ4n) is 4.05. The zero-order chi connectivity index (χ0) is 23.2. The summed E-state index contributed by atoms with van der Waals surface area (Å²) in [4.78, 5) is 12.7. The van der Waals surface area contributed by atoms with Gasteiger partial charge in [-0.25, -0.2) is 9.67 Å². The Kier molecular flexibility index (Phi) is 4.92. The summed E-state index contributed by atoms with van der Waals surface area (Å²) >= 11 is 0. The Bertz CT molecular complexity index is 1360. The summed E-state index contributed by atoms with van der Waals surface area (Å²) < 4.78 is 45.5. The highest BCUT2D eigenvalue weighted by Gasteiger charge is 2.40. The number of benzene rings is 1. The van der Waals surface area contributed by atoms with Crippen LogP contribution in [0.15, 0.2) is 67.0 Å². The molecule has 0 fully saturated rings. The van der Waals surface area contributed by atoms with Gasteiger partial charge in [-0.2, -0.15) is 13.2 Å². The molecular formula is C23H18F3N7. The maximum Gasteiger partial charge on any atom is 0.449 e. The Morgan fingerprint density at radius 2 is 1.58 bits per heavy atom. The lowest BCUT2D eigenvalue weighted by Crippen LogP contribution is -2.22. The van der Waals surface area contributed by atoms with Gasteiger partial charge in [0.2, 0.25) is 5.82 Å². The molecule has 0 saturated heterocycles. The van der Waals surface area contributed by atoms with Crippen LogP contribution in [0.2, 0.25) is 0 Å². The van der Waals surface area contributed by atoms with Gasteiger partial charge in [0, 0.05) is 25.0 Å². The topological polar surface area (TPSA) is 74.3 Å². The van der Waals surface area contributed by atoms with Crippen LogP contribution in [0.1, 0.15) is 28.9 Å². The van der Waals surface area contributed by atoms with E-state index in [0.29, 0.717) is 33.9 Å². The molecule has 0 radical (unpaired) electrons. The summed E-state index contributed by atoms with van der Waals surface area (Å²) in [6.45, 7) is 1.80. The number of fused-ring (bicyclic) bond motifs is 1. The first-order valence-electron chi connectivity index (χ1n) is 10.1. The van der Waals surface area contributed by atoms with Gasteiger partial charge in [-0.15, -0.1) is 5.10 Å². The van der Waals surface area contributed by atoms with E-state index in [9.17, 15) is 13.2 Å². The lowest BCUT2D eigenvalue weighted by atomic mass is 10.1. The Morgan fingerprint density at radius 1 is 0.909 bits per heavy atom. The third kappa shape index (κ3) is 3.63. The molecule has 0 aliphatic heterocycles. The van der Waals surface area contributed by atoms with Crippen LogP contribution in [-0.4, -0.2) is 34.5 Å². The van der Waals surface area contributed by atoms with Crippen LogP contribution in [-0.2, 0) is 13.2 Å². The van der Waals surface area contributed by atoms with Gasteiger partial charge in [0.15, 0.2) is 0 Å². The van der Waals surface area contributed by atoms with E-state index < -0.39 is 18.0 Å². The van der Waals surface area contributed by atoms with Crippen LogP contribution in [0.5, 0.6) is 0 Å². The van der Waals surface area contributed by atoms with Gasteiger partial charge < -0.3 is 4.57 Å². The monoisotopic (exact) mass is 449 g/mol. The summed E-state index contributed by atoms with van der Waals surface area (Å²) in [5.41, 5.74) is 3.44. The minimum absolute atomic E-state index is 0.218. The molecule has 4 heterocycles. The normalized spacial score (nSPS) is 12.1. The number of aryl methyl sites for hydroxylation is 2. The smallest absolute Gasteiger partial charge is 0.305 e. The molecule has 0 N–H and O–H groups in total. The van der Waals surface area contributed by atoms with Crippen molar-refractivity contribution < 1.29 is 13.2 Å². The average molecular weight is 449 g/mol. The molecule has 0 aliphatic carbocycles. The van der Waals surface area contributed by atoms with Gasteiger partial charge in [-0.3, -0.25) is 9.97 Å². The number of aromatic nitrogens is 7. The SMILES string of the molecule is Cc1nnn(C)c1-c1ccc2nc(C(F)(F)F)n(C(c3ccccn3)c3ccccn3)c2c1. The second-order valence-corrected chi connectivity index (χ2v) is 7.57. The maximum atomic E-state index is 14.2. The molecule has 0 bridgehead atoms. The first-order valence-corrected chi connectivity index (χ1v) is 10.1. The molecule has 0 unspecified atom stereocenters. The van der Waals surface area contributed by atoms with Crippen molar-refractivity contribution in [1.29, 1.82) is 0 Å². The fraction of sp³-hybridized carbons (Fsp3) is 0.174. The van der Waals surface area contributed by atoms with Gasteiger partial charge in [0.25, 0.3) is 0 Å². The molecule has 33 heavy (non-hydrogen) atoms. The van der Waals surface area contributed by atoms with Crippen molar-refractivity contribution in [3.05, 3.63) is 89.9 Å². The van der Waals surface area contributed by atoms with E-state index in [1.165, 1.54) is 4.57 Å². The van der Waals surface area contributed by atoms with Crippen molar-refractivity contribution in [3.63, 3.8) is 0 Å². The number of rotatable bonds is 4. The van der Waals surface area contributed by atoms with Crippen LogP contribution in [0.3, 0.4) is 0 Å². The van der Waals surface area contributed by atoms with Crippen LogP contribution in [0.25, 0.3) is 22.3 Å². The molecule has 1 aromatic carbocycles. The van der Waals surface area contributed by atoms with Gasteiger partial charge in [0.05, 0.1) is 33.8 Å². The van der Waals surface area contributed by atoms with Crippen molar-refractivity contribution >= 4 is 11.0 Å².